The minimum Gasteiger partial charge on any atom is -0.397 e. The maximum atomic E-state index is 5.82. The number of hydrogen-bond acceptors (Lipinski definition) is 2. The Morgan fingerprint density at radius 1 is 1.38 bits per heavy atom. The number of nitrogens with one attached hydrogen (secondary N) is 1. The number of nitrogen functional groups attached to an aromatic ring is 1. The van der Waals surface area contributed by atoms with Crippen LogP contribution in [0.2, 0.25) is 0 Å². The van der Waals surface area contributed by atoms with Crippen molar-refractivity contribution in [3.63, 3.8) is 0 Å². The standard InChI is InChI=1S/C11H16N2/c1-11(2)7-10(11)13-9-6-4-3-5-8(9)12/h3-6,10,13H,7,12H2,1-2H3. The number of rotatable bonds is 2. The Morgan fingerprint density at radius 3 is 2.54 bits per heavy atom. The monoisotopic (exact) mass is 176 g/mol. The summed E-state index contributed by atoms with van der Waals surface area (Å²) in [6.45, 7) is 4.54. The molecule has 1 unspecified atom stereocenters. The first-order valence-electron chi connectivity index (χ1n) is 4.71. The molecular weight excluding hydrogens is 160 g/mol. The Kier molecular flexibility index (Phi) is 1.72. The van der Waals surface area contributed by atoms with E-state index in [9.17, 15) is 0 Å². The van der Waals surface area contributed by atoms with Gasteiger partial charge >= 0.3 is 0 Å². The van der Waals surface area contributed by atoms with Crippen LogP contribution in [-0.4, -0.2) is 6.04 Å². The van der Waals surface area contributed by atoms with E-state index in [-0.39, 0.29) is 0 Å². The molecule has 0 aromatic heterocycles. The molecule has 70 valence electrons. The van der Waals surface area contributed by atoms with Crippen LogP contribution in [0.1, 0.15) is 20.3 Å². The molecule has 0 amide bonds. The van der Waals surface area contributed by atoms with E-state index in [1.54, 1.807) is 0 Å². The lowest BCUT2D eigenvalue weighted by Gasteiger charge is -2.09. The number of para-hydroxylation sites is 2. The van der Waals surface area contributed by atoms with Crippen molar-refractivity contribution in [1.29, 1.82) is 0 Å². The molecule has 0 aliphatic heterocycles. The van der Waals surface area contributed by atoms with Gasteiger partial charge < -0.3 is 11.1 Å². The maximum Gasteiger partial charge on any atom is 0.0576 e. The van der Waals surface area contributed by atoms with Gasteiger partial charge in [-0.2, -0.15) is 0 Å². The predicted molar refractivity (Wildman–Crippen MR) is 56.7 cm³/mol. The highest BCUT2D eigenvalue weighted by molar-refractivity contribution is 5.66. The van der Waals surface area contributed by atoms with Crippen molar-refractivity contribution in [3.05, 3.63) is 24.3 Å². The summed E-state index contributed by atoms with van der Waals surface area (Å²) < 4.78 is 0. The van der Waals surface area contributed by atoms with Gasteiger partial charge in [0.05, 0.1) is 11.4 Å². The van der Waals surface area contributed by atoms with Crippen molar-refractivity contribution in [3.8, 4) is 0 Å². The van der Waals surface area contributed by atoms with Gasteiger partial charge in [0.15, 0.2) is 0 Å². The van der Waals surface area contributed by atoms with E-state index in [0.717, 1.165) is 11.4 Å². The molecule has 1 fully saturated rings. The highest BCUT2D eigenvalue weighted by Crippen LogP contribution is 2.46. The Labute approximate surface area is 79.1 Å². The second kappa shape index (κ2) is 2.66. The lowest BCUT2D eigenvalue weighted by molar-refractivity contribution is 0.631. The zero-order valence-corrected chi connectivity index (χ0v) is 8.17. The van der Waals surface area contributed by atoms with E-state index in [0.29, 0.717) is 11.5 Å². The van der Waals surface area contributed by atoms with Gasteiger partial charge in [0, 0.05) is 6.04 Å². The van der Waals surface area contributed by atoms with Crippen molar-refractivity contribution >= 4 is 11.4 Å². The molecule has 1 saturated carbocycles. The fourth-order valence-electron chi connectivity index (χ4n) is 1.53. The molecule has 0 radical (unpaired) electrons. The third-order valence-corrected chi connectivity index (χ3v) is 2.80. The Bertz CT molecular complexity index is 318. The van der Waals surface area contributed by atoms with Crippen LogP contribution in [0.3, 0.4) is 0 Å². The summed E-state index contributed by atoms with van der Waals surface area (Å²) in [6, 6.07) is 8.52. The third kappa shape index (κ3) is 1.62. The molecule has 0 bridgehead atoms. The number of anilines is 2. The van der Waals surface area contributed by atoms with E-state index in [1.807, 2.05) is 24.3 Å². The quantitative estimate of drug-likeness (QED) is 0.679. The highest BCUT2D eigenvalue weighted by Gasteiger charge is 2.45. The van der Waals surface area contributed by atoms with Gasteiger partial charge in [0.2, 0.25) is 0 Å². The van der Waals surface area contributed by atoms with Gasteiger partial charge in [0.25, 0.3) is 0 Å². The average Bonchev–Trinajstić information content (AvgIpc) is 2.64. The third-order valence-electron chi connectivity index (χ3n) is 2.80. The van der Waals surface area contributed by atoms with Gasteiger partial charge in [-0.1, -0.05) is 26.0 Å². The SMILES string of the molecule is CC1(C)CC1Nc1ccccc1N. The maximum absolute atomic E-state index is 5.82. The van der Waals surface area contributed by atoms with E-state index >= 15 is 0 Å². The van der Waals surface area contributed by atoms with Crippen LogP contribution in [-0.2, 0) is 0 Å². The van der Waals surface area contributed by atoms with Crippen molar-refractivity contribution in [2.24, 2.45) is 5.41 Å². The number of hydrogen-bond donors (Lipinski definition) is 2. The summed E-state index contributed by atoms with van der Waals surface area (Å²) in [5, 5.41) is 3.45. The lowest BCUT2D eigenvalue weighted by atomic mass is 10.2. The molecule has 2 heteroatoms. The zero-order valence-electron chi connectivity index (χ0n) is 8.17. The molecule has 0 saturated heterocycles. The zero-order chi connectivity index (χ0) is 9.47. The second-order valence-electron chi connectivity index (χ2n) is 4.48. The smallest absolute Gasteiger partial charge is 0.0576 e. The number of nitrogens with two attached hydrogens (primary N) is 1. The summed E-state index contributed by atoms with van der Waals surface area (Å²) in [4.78, 5) is 0. The van der Waals surface area contributed by atoms with Gasteiger partial charge in [-0.15, -0.1) is 0 Å². The Morgan fingerprint density at radius 2 is 2.00 bits per heavy atom. The predicted octanol–water partition coefficient (Wildman–Crippen LogP) is 2.48. The van der Waals surface area contributed by atoms with Crippen LogP contribution in [0.4, 0.5) is 11.4 Å². The lowest BCUT2D eigenvalue weighted by Crippen LogP contribution is -2.09. The average molecular weight is 176 g/mol. The highest BCUT2D eigenvalue weighted by atomic mass is 15.0. The van der Waals surface area contributed by atoms with Crippen molar-refractivity contribution in [2.75, 3.05) is 11.1 Å². The molecule has 2 nitrogen and oxygen atoms in total. The first-order chi connectivity index (χ1) is 6.09. The summed E-state index contributed by atoms with van der Waals surface area (Å²) in [5.41, 5.74) is 8.18. The van der Waals surface area contributed by atoms with Crippen LogP contribution in [0, 0.1) is 5.41 Å². The first-order valence-corrected chi connectivity index (χ1v) is 4.71. The van der Waals surface area contributed by atoms with Crippen LogP contribution in [0.15, 0.2) is 24.3 Å². The molecule has 13 heavy (non-hydrogen) atoms. The summed E-state index contributed by atoms with van der Waals surface area (Å²) in [6.07, 6.45) is 1.24. The van der Waals surface area contributed by atoms with Gasteiger partial charge in [-0.05, 0) is 24.0 Å². The van der Waals surface area contributed by atoms with Crippen LogP contribution >= 0.6 is 0 Å². The normalized spacial score (nSPS) is 24.0. The van der Waals surface area contributed by atoms with Crippen LogP contribution in [0.25, 0.3) is 0 Å². The van der Waals surface area contributed by atoms with E-state index in [2.05, 4.69) is 19.2 Å². The van der Waals surface area contributed by atoms with E-state index in [1.165, 1.54) is 6.42 Å². The molecule has 1 aromatic carbocycles. The molecule has 1 atom stereocenters. The summed E-state index contributed by atoms with van der Waals surface area (Å²) in [5.74, 6) is 0. The van der Waals surface area contributed by atoms with Gasteiger partial charge in [-0.3, -0.25) is 0 Å². The van der Waals surface area contributed by atoms with Crippen LogP contribution < -0.4 is 11.1 Å². The fourth-order valence-corrected chi connectivity index (χ4v) is 1.53. The van der Waals surface area contributed by atoms with Gasteiger partial charge in [-0.25, -0.2) is 0 Å². The van der Waals surface area contributed by atoms with Crippen molar-refractivity contribution < 1.29 is 0 Å². The molecular formula is C11H16N2. The minimum atomic E-state index is 0.447. The topological polar surface area (TPSA) is 38.0 Å². The van der Waals surface area contributed by atoms with Crippen molar-refractivity contribution in [1.82, 2.24) is 0 Å². The van der Waals surface area contributed by atoms with E-state index < -0.39 is 0 Å². The summed E-state index contributed by atoms with van der Waals surface area (Å²) in [7, 11) is 0. The second-order valence-corrected chi connectivity index (χ2v) is 4.48. The van der Waals surface area contributed by atoms with E-state index in [4.69, 9.17) is 5.73 Å². The molecule has 2 rings (SSSR count). The molecule has 1 aliphatic rings. The van der Waals surface area contributed by atoms with Crippen molar-refractivity contribution in [2.45, 2.75) is 26.3 Å². The minimum absolute atomic E-state index is 0.447. The Hall–Kier alpha value is -1.18. The fraction of sp³-hybridized carbons (Fsp3) is 0.455. The molecule has 0 spiro atoms. The molecule has 3 N–H and O–H groups in total. The van der Waals surface area contributed by atoms with Gasteiger partial charge in [0.1, 0.15) is 0 Å². The molecule has 1 aromatic rings. The Balaban J connectivity index is 2.07. The summed E-state index contributed by atoms with van der Waals surface area (Å²) >= 11 is 0. The van der Waals surface area contributed by atoms with Crippen LogP contribution in [0.5, 0.6) is 0 Å². The largest absolute Gasteiger partial charge is 0.397 e. The number of benzene rings is 1. The molecule has 1 aliphatic carbocycles. The first kappa shape index (κ1) is 8.42. The molecule has 0 heterocycles.